The molecular weight excluding hydrogens is 206 g/mol. The van der Waals surface area contributed by atoms with Crippen LogP contribution in [0.25, 0.3) is 0 Å². The van der Waals surface area contributed by atoms with Gasteiger partial charge in [0.2, 0.25) is 10.0 Å². The summed E-state index contributed by atoms with van der Waals surface area (Å²) in [6.07, 6.45) is 1.93. The van der Waals surface area contributed by atoms with Crippen molar-refractivity contribution in [3.63, 3.8) is 0 Å². The number of nitrogens with zero attached hydrogens (tertiary/aromatic N) is 1. The molecule has 0 rings (SSSR count). The van der Waals surface area contributed by atoms with E-state index in [9.17, 15) is 8.42 Å². The molecule has 0 aliphatic rings. The summed E-state index contributed by atoms with van der Waals surface area (Å²) < 4.78 is 23.3. The van der Waals surface area contributed by atoms with E-state index in [1.807, 2.05) is 6.26 Å². The predicted molar refractivity (Wildman–Crippen MR) is 50.7 cm³/mol. The monoisotopic (exact) mass is 217 g/mol. The number of rotatable bonds is 5. The van der Waals surface area contributed by atoms with Crippen molar-refractivity contribution >= 4 is 33.4 Å². The Bertz CT molecular complexity index is 193. The summed E-state index contributed by atoms with van der Waals surface area (Å²) in [4.78, 5) is 0. The minimum Gasteiger partial charge on any atom is -0.211 e. The third kappa shape index (κ3) is 4.20. The number of thioether (sulfide) groups is 1. The summed E-state index contributed by atoms with van der Waals surface area (Å²) in [6.45, 7) is 0.524. The van der Waals surface area contributed by atoms with Gasteiger partial charge < -0.3 is 0 Å². The molecule has 0 aromatic rings. The summed E-state index contributed by atoms with van der Waals surface area (Å²) >= 11 is 6.84. The van der Waals surface area contributed by atoms with E-state index in [2.05, 4.69) is 0 Å². The predicted octanol–water partition coefficient (Wildman–Crippen LogP) is 0.807. The van der Waals surface area contributed by atoms with Gasteiger partial charge in [0, 0.05) is 19.3 Å². The number of alkyl halides is 1. The third-order valence-electron chi connectivity index (χ3n) is 1.22. The molecule has 0 fully saturated rings. The Morgan fingerprint density at radius 3 is 2.45 bits per heavy atom. The Kier molecular flexibility index (Phi) is 5.50. The van der Waals surface area contributed by atoms with E-state index in [-0.39, 0.29) is 5.21 Å². The van der Waals surface area contributed by atoms with Gasteiger partial charge in [-0.3, -0.25) is 0 Å². The lowest BCUT2D eigenvalue weighted by Gasteiger charge is -2.13. The Morgan fingerprint density at radius 1 is 1.55 bits per heavy atom. The first-order valence-electron chi connectivity index (χ1n) is 3.03. The zero-order valence-electron chi connectivity index (χ0n) is 6.58. The van der Waals surface area contributed by atoms with Crippen LogP contribution >= 0.6 is 23.4 Å². The maximum absolute atomic E-state index is 11.0. The number of hydrogen-bond donors (Lipinski definition) is 0. The lowest BCUT2D eigenvalue weighted by atomic mass is 10.8. The molecule has 0 N–H and O–H groups in total. The van der Waals surface area contributed by atoms with Gasteiger partial charge >= 0.3 is 0 Å². The largest absolute Gasteiger partial charge is 0.227 e. The second-order valence-electron chi connectivity index (χ2n) is 2.04. The summed E-state index contributed by atoms with van der Waals surface area (Å²) in [5, 5.41) is -0.335. The topological polar surface area (TPSA) is 37.4 Å². The molecular formula is C5H12ClNO2S2. The van der Waals surface area contributed by atoms with E-state index in [1.165, 1.54) is 11.4 Å². The van der Waals surface area contributed by atoms with E-state index < -0.39 is 10.0 Å². The van der Waals surface area contributed by atoms with E-state index in [0.29, 0.717) is 6.54 Å². The van der Waals surface area contributed by atoms with Crippen LogP contribution in [0, 0.1) is 0 Å². The number of hydrogen-bond acceptors (Lipinski definition) is 3. The Hall–Kier alpha value is 0.550. The van der Waals surface area contributed by atoms with E-state index >= 15 is 0 Å². The van der Waals surface area contributed by atoms with Gasteiger partial charge in [0.1, 0.15) is 5.21 Å². The van der Waals surface area contributed by atoms with Crippen molar-refractivity contribution < 1.29 is 8.42 Å². The van der Waals surface area contributed by atoms with Crippen molar-refractivity contribution in [1.29, 1.82) is 0 Å². The number of halogens is 1. The highest BCUT2D eigenvalue weighted by atomic mass is 35.5. The quantitative estimate of drug-likeness (QED) is 0.640. The SMILES string of the molecule is CSCCN(C)S(=O)(=O)CCl. The lowest BCUT2D eigenvalue weighted by molar-refractivity contribution is 0.493. The highest BCUT2D eigenvalue weighted by Crippen LogP contribution is 2.02. The van der Waals surface area contributed by atoms with Crippen LogP contribution in [0.2, 0.25) is 0 Å². The highest BCUT2D eigenvalue weighted by molar-refractivity contribution is 7.98. The van der Waals surface area contributed by atoms with E-state index in [0.717, 1.165) is 5.75 Å². The van der Waals surface area contributed by atoms with Crippen LogP contribution in [0.3, 0.4) is 0 Å². The second-order valence-corrected chi connectivity index (χ2v) is 5.68. The standard InChI is InChI=1S/C5H12ClNO2S2/c1-7(3-4-10-2)11(8,9)5-6/h3-5H2,1-2H3. The van der Waals surface area contributed by atoms with Gasteiger partial charge in [0.15, 0.2) is 0 Å². The zero-order chi connectivity index (χ0) is 8.91. The maximum atomic E-state index is 11.0. The van der Waals surface area contributed by atoms with Gasteiger partial charge in [0.25, 0.3) is 0 Å². The fraction of sp³-hybridized carbons (Fsp3) is 1.00. The molecule has 0 unspecified atom stereocenters. The van der Waals surface area contributed by atoms with Crippen LogP contribution in [0.5, 0.6) is 0 Å². The molecule has 0 amide bonds. The fourth-order valence-corrected chi connectivity index (χ4v) is 2.05. The van der Waals surface area contributed by atoms with Crippen molar-refractivity contribution in [2.75, 3.05) is 30.8 Å². The van der Waals surface area contributed by atoms with Gasteiger partial charge in [-0.2, -0.15) is 11.8 Å². The molecule has 0 radical (unpaired) electrons. The van der Waals surface area contributed by atoms with Crippen molar-refractivity contribution in [3.8, 4) is 0 Å². The maximum Gasteiger partial charge on any atom is 0.227 e. The normalized spacial score (nSPS) is 12.4. The molecule has 0 aliphatic carbocycles. The van der Waals surface area contributed by atoms with Crippen LogP contribution in [-0.2, 0) is 10.0 Å². The fourth-order valence-electron chi connectivity index (χ4n) is 0.442. The van der Waals surface area contributed by atoms with E-state index in [4.69, 9.17) is 11.6 Å². The van der Waals surface area contributed by atoms with Gasteiger partial charge in [-0.05, 0) is 6.26 Å². The molecule has 0 spiro atoms. The van der Waals surface area contributed by atoms with Crippen LogP contribution in [0.1, 0.15) is 0 Å². The Balaban J connectivity index is 3.93. The zero-order valence-corrected chi connectivity index (χ0v) is 8.97. The molecule has 0 saturated heterocycles. The molecule has 0 saturated carbocycles. The average molecular weight is 218 g/mol. The number of sulfonamides is 1. The van der Waals surface area contributed by atoms with Crippen LogP contribution < -0.4 is 0 Å². The summed E-state index contributed by atoms with van der Waals surface area (Å²) in [6, 6.07) is 0. The molecule has 68 valence electrons. The molecule has 0 bridgehead atoms. The smallest absolute Gasteiger partial charge is 0.211 e. The molecule has 0 aromatic carbocycles. The molecule has 0 heterocycles. The van der Waals surface area contributed by atoms with Gasteiger partial charge in [-0.25, -0.2) is 12.7 Å². The minimum atomic E-state index is -3.19. The minimum absolute atomic E-state index is 0.335. The van der Waals surface area contributed by atoms with Gasteiger partial charge in [-0.1, -0.05) is 0 Å². The summed E-state index contributed by atoms with van der Waals surface area (Å²) in [7, 11) is -1.65. The van der Waals surface area contributed by atoms with Crippen LogP contribution in [0.15, 0.2) is 0 Å². The van der Waals surface area contributed by atoms with Crippen molar-refractivity contribution in [3.05, 3.63) is 0 Å². The first kappa shape index (κ1) is 11.6. The molecule has 11 heavy (non-hydrogen) atoms. The van der Waals surface area contributed by atoms with E-state index in [1.54, 1.807) is 11.8 Å². The molecule has 0 aromatic heterocycles. The van der Waals surface area contributed by atoms with Crippen molar-refractivity contribution in [2.24, 2.45) is 0 Å². The second kappa shape index (κ2) is 5.24. The molecule has 0 aliphatic heterocycles. The third-order valence-corrected chi connectivity index (χ3v) is 4.05. The Morgan fingerprint density at radius 2 is 2.09 bits per heavy atom. The molecule has 3 nitrogen and oxygen atoms in total. The van der Waals surface area contributed by atoms with Crippen molar-refractivity contribution in [1.82, 2.24) is 4.31 Å². The van der Waals surface area contributed by atoms with Gasteiger partial charge in [-0.15, -0.1) is 11.6 Å². The molecule has 6 heteroatoms. The summed E-state index contributed by atoms with van der Waals surface area (Å²) in [5.74, 6) is 0.798. The molecule has 0 atom stereocenters. The Labute approximate surface area is 77.1 Å². The van der Waals surface area contributed by atoms with Gasteiger partial charge in [0.05, 0.1) is 0 Å². The highest BCUT2D eigenvalue weighted by Gasteiger charge is 2.14. The van der Waals surface area contributed by atoms with Crippen LogP contribution in [-0.4, -0.2) is 43.5 Å². The van der Waals surface area contributed by atoms with Crippen LogP contribution in [0.4, 0.5) is 0 Å². The summed E-state index contributed by atoms with van der Waals surface area (Å²) in [5.41, 5.74) is 0. The first-order valence-corrected chi connectivity index (χ1v) is 6.57. The lowest BCUT2D eigenvalue weighted by Crippen LogP contribution is -2.29. The first-order chi connectivity index (χ1) is 5.04. The average Bonchev–Trinajstić information content (AvgIpc) is 2.00. The van der Waals surface area contributed by atoms with Crippen molar-refractivity contribution in [2.45, 2.75) is 0 Å².